The maximum absolute atomic E-state index is 13.6. The summed E-state index contributed by atoms with van der Waals surface area (Å²) in [7, 11) is 0. The number of carbonyl (C=O) groups is 2. The van der Waals surface area contributed by atoms with Crippen molar-refractivity contribution >= 4 is 28.9 Å². The van der Waals surface area contributed by atoms with Crippen LogP contribution in [0.1, 0.15) is 44.7 Å². The highest BCUT2D eigenvalue weighted by Gasteiger charge is 2.47. The van der Waals surface area contributed by atoms with Gasteiger partial charge < -0.3 is 9.30 Å². The zero-order valence-corrected chi connectivity index (χ0v) is 17.5. The van der Waals surface area contributed by atoms with Crippen LogP contribution in [0.15, 0.2) is 54.6 Å². The molecule has 1 aliphatic rings. The van der Waals surface area contributed by atoms with Crippen LogP contribution in [0.5, 0.6) is 0 Å². The van der Waals surface area contributed by atoms with Crippen molar-refractivity contribution in [3.63, 3.8) is 0 Å². The molecule has 1 aliphatic heterocycles. The van der Waals surface area contributed by atoms with Gasteiger partial charge in [0.1, 0.15) is 0 Å². The molecule has 0 bridgehead atoms. The topological polar surface area (TPSA) is 64.4 Å². The monoisotopic (exact) mass is 405 g/mol. The van der Waals surface area contributed by atoms with Crippen molar-refractivity contribution in [2.45, 2.75) is 39.2 Å². The van der Waals surface area contributed by atoms with E-state index >= 15 is 0 Å². The fourth-order valence-electron chi connectivity index (χ4n) is 4.23. The van der Waals surface area contributed by atoms with Gasteiger partial charge in [0.2, 0.25) is 11.9 Å². The van der Waals surface area contributed by atoms with Gasteiger partial charge in [-0.05, 0) is 31.0 Å². The third kappa shape index (κ3) is 3.47. The van der Waals surface area contributed by atoms with E-state index in [-0.39, 0.29) is 12.5 Å². The molecular formula is C24H27N3O3. The number of benzene rings is 2. The van der Waals surface area contributed by atoms with Crippen molar-refractivity contribution < 1.29 is 14.3 Å². The number of nitrogens with zero attached hydrogens (tertiary/aromatic N) is 3. The van der Waals surface area contributed by atoms with Gasteiger partial charge in [0.25, 0.3) is 0 Å². The van der Waals surface area contributed by atoms with Crippen LogP contribution in [-0.4, -0.2) is 34.6 Å². The van der Waals surface area contributed by atoms with Crippen LogP contribution in [-0.2, 0) is 14.3 Å². The van der Waals surface area contributed by atoms with Gasteiger partial charge >= 0.3 is 5.97 Å². The van der Waals surface area contributed by atoms with E-state index < -0.39 is 17.9 Å². The lowest BCUT2D eigenvalue weighted by atomic mass is 9.89. The molecule has 0 spiro atoms. The number of unbranched alkanes of at least 4 members (excludes halogenated alkanes) is 2. The van der Waals surface area contributed by atoms with Crippen LogP contribution in [0.3, 0.4) is 0 Å². The summed E-state index contributed by atoms with van der Waals surface area (Å²) in [5.74, 6) is -1.06. The molecule has 1 amide bonds. The van der Waals surface area contributed by atoms with Crippen molar-refractivity contribution in [3.8, 4) is 0 Å². The molecule has 0 saturated heterocycles. The Morgan fingerprint density at radius 2 is 1.77 bits per heavy atom. The normalized spacial score (nSPS) is 18.5. The fraction of sp³-hybridized carbons (Fsp3) is 0.375. The third-order valence-corrected chi connectivity index (χ3v) is 5.61. The largest absolute Gasteiger partial charge is 0.465 e. The first kappa shape index (κ1) is 20.1. The maximum Gasteiger partial charge on any atom is 0.321 e. The van der Waals surface area contributed by atoms with Gasteiger partial charge in [0.15, 0.2) is 5.92 Å². The molecule has 0 N–H and O–H groups in total. The second-order valence-electron chi connectivity index (χ2n) is 7.55. The van der Waals surface area contributed by atoms with E-state index in [1.807, 2.05) is 59.2 Å². The van der Waals surface area contributed by atoms with Gasteiger partial charge in [-0.2, -0.15) is 0 Å². The van der Waals surface area contributed by atoms with Gasteiger partial charge in [-0.25, -0.2) is 4.98 Å². The SMILES string of the molecule is CCCCCN1C(=O)[C@H](C(=O)OCC)[C@H](c2ccccc2)n2c1nc1ccccc12. The van der Waals surface area contributed by atoms with E-state index in [1.165, 1.54) is 0 Å². The number of ether oxygens (including phenoxy) is 1. The van der Waals surface area contributed by atoms with Crippen LogP contribution < -0.4 is 4.90 Å². The minimum absolute atomic E-state index is 0.234. The summed E-state index contributed by atoms with van der Waals surface area (Å²) < 4.78 is 7.40. The molecule has 2 atom stereocenters. The van der Waals surface area contributed by atoms with Crippen LogP contribution in [0.4, 0.5) is 5.95 Å². The number of amides is 1. The van der Waals surface area contributed by atoms with E-state index in [4.69, 9.17) is 9.72 Å². The predicted octanol–water partition coefficient (Wildman–Crippen LogP) is 4.34. The summed E-state index contributed by atoms with van der Waals surface area (Å²) in [5, 5.41) is 0. The molecule has 4 rings (SSSR count). The summed E-state index contributed by atoms with van der Waals surface area (Å²) in [4.78, 5) is 33.1. The highest BCUT2D eigenvalue weighted by atomic mass is 16.5. The predicted molar refractivity (Wildman–Crippen MR) is 116 cm³/mol. The van der Waals surface area contributed by atoms with Crippen LogP contribution in [0, 0.1) is 5.92 Å². The Hall–Kier alpha value is -3.15. The summed E-state index contributed by atoms with van der Waals surface area (Å²) >= 11 is 0. The molecule has 156 valence electrons. The number of hydrogen-bond acceptors (Lipinski definition) is 4. The highest BCUT2D eigenvalue weighted by molar-refractivity contribution is 6.08. The van der Waals surface area contributed by atoms with E-state index in [0.29, 0.717) is 12.5 Å². The summed E-state index contributed by atoms with van der Waals surface area (Å²) in [6.07, 6.45) is 2.92. The van der Waals surface area contributed by atoms with Gasteiger partial charge in [0.05, 0.1) is 23.7 Å². The Morgan fingerprint density at radius 3 is 2.50 bits per heavy atom. The number of para-hydroxylation sites is 2. The number of carbonyl (C=O) groups excluding carboxylic acids is 2. The molecule has 2 heterocycles. The van der Waals surface area contributed by atoms with Crippen LogP contribution in [0.25, 0.3) is 11.0 Å². The zero-order chi connectivity index (χ0) is 21.1. The van der Waals surface area contributed by atoms with Gasteiger partial charge in [-0.3, -0.25) is 14.5 Å². The van der Waals surface area contributed by atoms with Gasteiger partial charge in [-0.15, -0.1) is 0 Å². The van der Waals surface area contributed by atoms with Crippen LogP contribution in [0.2, 0.25) is 0 Å². The average Bonchev–Trinajstić information content (AvgIpc) is 3.14. The smallest absolute Gasteiger partial charge is 0.321 e. The lowest BCUT2D eigenvalue weighted by molar-refractivity contribution is -0.153. The molecule has 0 saturated carbocycles. The minimum Gasteiger partial charge on any atom is -0.465 e. The molecule has 6 nitrogen and oxygen atoms in total. The molecule has 0 fully saturated rings. The molecule has 1 aromatic heterocycles. The Balaban J connectivity index is 1.93. The van der Waals surface area contributed by atoms with E-state index in [9.17, 15) is 9.59 Å². The maximum atomic E-state index is 13.6. The lowest BCUT2D eigenvalue weighted by Gasteiger charge is -2.38. The first-order valence-electron chi connectivity index (χ1n) is 10.7. The second-order valence-corrected chi connectivity index (χ2v) is 7.55. The van der Waals surface area contributed by atoms with Crippen molar-refractivity contribution in [1.82, 2.24) is 9.55 Å². The number of esters is 1. The van der Waals surface area contributed by atoms with Gasteiger partial charge in [-0.1, -0.05) is 62.2 Å². The summed E-state index contributed by atoms with van der Waals surface area (Å²) in [5.41, 5.74) is 2.61. The second kappa shape index (κ2) is 8.69. The first-order valence-corrected chi connectivity index (χ1v) is 10.7. The number of hydrogen-bond donors (Lipinski definition) is 0. The molecule has 0 radical (unpaired) electrons. The third-order valence-electron chi connectivity index (χ3n) is 5.61. The summed E-state index contributed by atoms with van der Waals surface area (Å²) in [6.45, 7) is 4.66. The molecule has 2 aromatic carbocycles. The fourth-order valence-corrected chi connectivity index (χ4v) is 4.23. The molecule has 3 aromatic rings. The quantitative estimate of drug-likeness (QED) is 0.333. The minimum atomic E-state index is -0.945. The summed E-state index contributed by atoms with van der Waals surface area (Å²) in [6, 6.07) is 17.0. The van der Waals surface area contributed by atoms with E-state index in [1.54, 1.807) is 11.8 Å². The number of fused-ring (bicyclic) bond motifs is 3. The average molecular weight is 405 g/mol. The number of aromatic nitrogens is 2. The van der Waals surface area contributed by atoms with Crippen molar-refractivity contribution in [2.75, 3.05) is 18.1 Å². The molecule has 0 unspecified atom stereocenters. The highest BCUT2D eigenvalue weighted by Crippen LogP contribution is 2.41. The number of anilines is 1. The van der Waals surface area contributed by atoms with Crippen molar-refractivity contribution in [3.05, 3.63) is 60.2 Å². The Kier molecular flexibility index (Phi) is 5.84. The van der Waals surface area contributed by atoms with Crippen molar-refractivity contribution in [1.29, 1.82) is 0 Å². The van der Waals surface area contributed by atoms with Crippen molar-refractivity contribution in [2.24, 2.45) is 5.92 Å². The Morgan fingerprint density at radius 1 is 1.03 bits per heavy atom. The van der Waals surface area contributed by atoms with Crippen LogP contribution >= 0.6 is 0 Å². The molecule has 6 heteroatoms. The number of rotatable bonds is 7. The molecule has 0 aliphatic carbocycles. The lowest BCUT2D eigenvalue weighted by Crippen LogP contribution is -2.50. The standard InChI is InChI=1S/C24H27N3O3/c1-3-5-11-16-26-22(28)20(23(29)30-4-2)21(17-12-7-6-8-13-17)27-19-15-10-9-14-18(19)25-24(26)27/h6-10,12-15,20-21H,3-5,11,16H2,1-2H3/t20-,21+/m1/s1. The van der Waals surface area contributed by atoms with Gasteiger partial charge in [0, 0.05) is 6.54 Å². The molecular weight excluding hydrogens is 378 g/mol. The van der Waals surface area contributed by atoms with E-state index in [0.717, 1.165) is 35.9 Å². The zero-order valence-electron chi connectivity index (χ0n) is 17.5. The van der Waals surface area contributed by atoms with E-state index in [2.05, 4.69) is 6.92 Å². The Labute approximate surface area is 176 Å². The number of imidazole rings is 1. The first-order chi connectivity index (χ1) is 14.7. The molecule has 30 heavy (non-hydrogen) atoms. The Bertz CT molecular complexity index is 1040.